The Kier molecular flexibility index (Phi) is 3.87. The Labute approximate surface area is 112 Å². The topological polar surface area (TPSA) is 78.1 Å². The van der Waals surface area contributed by atoms with E-state index in [1.807, 2.05) is 31.1 Å². The second kappa shape index (κ2) is 5.41. The maximum Gasteiger partial charge on any atom is 0.265 e. The van der Waals surface area contributed by atoms with Gasteiger partial charge in [-0.15, -0.1) is 0 Å². The van der Waals surface area contributed by atoms with Gasteiger partial charge in [-0.1, -0.05) is 18.2 Å². The van der Waals surface area contributed by atoms with Crippen molar-refractivity contribution in [2.24, 2.45) is 0 Å². The number of anilines is 1. The number of benzene rings is 1. The van der Waals surface area contributed by atoms with E-state index in [9.17, 15) is 8.42 Å². The van der Waals surface area contributed by atoms with Crippen LogP contribution >= 0.6 is 0 Å². The summed E-state index contributed by atoms with van der Waals surface area (Å²) in [6, 6.07) is 7.32. The lowest BCUT2D eigenvalue weighted by Gasteiger charge is -2.15. The summed E-state index contributed by atoms with van der Waals surface area (Å²) in [6.45, 7) is 0.657. The lowest BCUT2D eigenvalue weighted by molar-refractivity contribution is 0.403. The first-order chi connectivity index (χ1) is 8.99. The van der Waals surface area contributed by atoms with Gasteiger partial charge in [-0.2, -0.15) is 5.10 Å². The molecule has 0 saturated heterocycles. The van der Waals surface area contributed by atoms with Gasteiger partial charge in [-0.25, -0.2) is 8.42 Å². The van der Waals surface area contributed by atoms with Gasteiger partial charge >= 0.3 is 0 Å². The number of hydrogen-bond acceptors (Lipinski definition) is 4. The third kappa shape index (κ3) is 3.33. The molecule has 0 aliphatic rings. The summed E-state index contributed by atoms with van der Waals surface area (Å²) in [4.78, 5) is 2.09. The van der Waals surface area contributed by atoms with Gasteiger partial charge in [0.2, 0.25) is 0 Å². The quantitative estimate of drug-likeness (QED) is 0.864. The summed E-state index contributed by atoms with van der Waals surface area (Å²) < 4.78 is 26.8. The molecule has 0 aliphatic heterocycles. The van der Waals surface area contributed by atoms with Crippen molar-refractivity contribution in [3.8, 4) is 0 Å². The molecule has 0 spiro atoms. The third-order valence-electron chi connectivity index (χ3n) is 2.53. The van der Waals surface area contributed by atoms with Crippen LogP contribution in [-0.4, -0.2) is 37.6 Å². The Hall–Kier alpha value is -1.86. The molecule has 2 rings (SSSR count). The molecule has 1 aromatic carbocycles. The normalized spacial score (nSPS) is 11.7. The van der Waals surface area contributed by atoms with E-state index in [2.05, 4.69) is 14.9 Å². The van der Waals surface area contributed by atoms with Gasteiger partial charge in [0.1, 0.15) is 4.90 Å². The van der Waals surface area contributed by atoms with Crippen molar-refractivity contribution in [1.29, 1.82) is 0 Å². The fraction of sp³-hybridized carbons (Fsp3) is 0.250. The van der Waals surface area contributed by atoms with Gasteiger partial charge in [0, 0.05) is 12.7 Å². The second-order valence-electron chi connectivity index (χ2n) is 4.43. The van der Waals surface area contributed by atoms with Gasteiger partial charge in [0.15, 0.2) is 0 Å². The lowest BCUT2D eigenvalue weighted by atomic mass is 10.2. The minimum atomic E-state index is -3.59. The van der Waals surface area contributed by atoms with Crippen LogP contribution in [0.1, 0.15) is 5.56 Å². The van der Waals surface area contributed by atoms with Crippen LogP contribution in [-0.2, 0) is 16.6 Å². The van der Waals surface area contributed by atoms with Gasteiger partial charge in [-0.3, -0.25) is 9.82 Å². The molecule has 2 N–H and O–H groups in total. The van der Waals surface area contributed by atoms with Crippen LogP contribution in [0.3, 0.4) is 0 Å². The van der Waals surface area contributed by atoms with Gasteiger partial charge in [0.05, 0.1) is 11.9 Å². The Morgan fingerprint density at radius 3 is 2.68 bits per heavy atom. The van der Waals surface area contributed by atoms with E-state index < -0.39 is 10.0 Å². The number of aromatic amines is 1. The van der Waals surface area contributed by atoms with Crippen molar-refractivity contribution in [2.45, 2.75) is 11.4 Å². The van der Waals surface area contributed by atoms with Crippen LogP contribution in [0.25, 0.3) is 0 Å². The SMILES string of the molecule is CN(C)Cc1ccccc1NS(=O)(=O)c1cn[nH]c1. The molecule has 0 bridgehead atoms. The minimum absolute atomic E-state index is 0.118. The molecule has 6 nitrogen and oxygen atoms in total. The summed E-state index contributed by atoms with van der Waals surface area (Å²) in [5, 5.41) is 6.14. The van der Waals surface area contributed by atoms with Crippen molar-refractivity contribution in [3.05, 3.63) is 42.2 Å². The van der Waals surface area contributed by atoms with Gasteiger partial charge in [-0.05, 0) is 25.7 Å². The maximum atomic E-state index is 12.1. The standard InChI is InChI=1S/C12H16N4O2S/c1-16(2)9-10-5-3-4-6-12(10)15-19(17,18)11-7-13-14-8-11/h3-8,15H,9H2,1-2H3,(H,13,14). The van der Waals surface area contributed by atoms with Crippen molar-refractivity contribution in [1.82, 2.24) is 15.1 Å². The zero-order valence-corrected chi connectivity index (χ0v) is 11.6. The van der Waals surface area contributed by atoms with E-state index in [1.54, 1.807) is 12.1 Å². The number of hydrogen-bond donors (Lipinski definition) is 2. The third-order valence-corrected chi connectivity index (χ3v) is 3.86. The highest BCUT2D eigenvalue weighted by Gasteiger charge is 2.16. The second-order valence-corrected chi connectivity index (χ2v) is 6.12. The maximum absolute atomic E-state index is 12.1. The monoisotopic (exact) mass is 280 g/mol. The summed E-state index contributed by atoms with van der Waals surface area (Å²) in [6.07, 6.45) is 2.62. The van der Waals surface area contributed by atoms with Crippen molar-refractivity contribution < 1.29 is 8.42 Å². The molecule has 0 atom stereocenters. The van der Waals surface area contributed by atoms with Gasteiger partial charge < -0.3 is 4.90 Å². The smallest absolute Gasteiger partial charge is 0.265 e. The molecule has 102 valence electrons. The Balaban J connectivity index is 2.29. The highest BCUT2D eigenvalue weighted by atomic mass is 32.2. The molecule has 7 heteroatoms. The minimum Gasteiger partial charge on any atom is -0.305 e. The number of rotatable bonds is 5. The number of sulfonamides is 1. The van der Waals surface area contributed by atoms with E-state index in [0.29, 0.717) is 12.2 Å². The predicted molar refractivity (Wildman–Crippen MR) is 73.2 cm³/mol. The predicted octanol–water partition coefficient (Wildman–Crippen LogP) is 1.27. The molecule has 19 heavy (non-hydrogen) atoms. The van der Waals surface area contributed by atoms with Gasteiger partial charge in [0.25, 0.3) is 10.0 Å². The van der Waals surface area contributed by atoms with Crippen LogP contribution < -0.4 is 4.72 Å². The average Bonchev–Trinajstić information content (AvgIpc) is 2.85. The van der Waals surface area contributed by atoms with E-state index >= 15 is 0 Å². The first-order valence-electron chi connectivity index (χ1n) is 5.73. The van der Waals surface area contributed by atoms with E-state index in [4.69, 9.17) is 0 Å². The molecule has 0 unspecified atom stereocenters. The Morgan fingerprint density at radius 2 is 2.05 bits per heavy atom. The van der Waals surface area contributed by atoms with Crippen LogP contribution in [0.2, 0.25) is 0 Å². The zero-order chi connectivity index (χ0) is 13.9. The lowest BCUT2D eigenvalue weighted by Crippen LogP contribution is -2.16. The highest BCUT2D eigenvalue weighted by molar-refractivity contribution is 7.92. The van der Waals surface area contributed by atoms with Crippen LogP contribution in [0.15, 0.2) is 41.6 Å². The number of aromatic nitrogens is 2. The molecule has 1 aromatic heterocycles. The molecule has 0 saturated carbocycles. The molecule has 0 radical (unpaired) electrons. The summed E-state index contributed by atoms with van der Waals surface area (Å²) in [5.74, 6) is 0. The number of nitrogens with one attached hydrogen (secondary N) is 2. The van der Waals surface area contributed by atoms with E-state index in [-0.39, 0.29) is 4.90 Å². The Bertz CT molecular complexity index is 636. The van der Waals surface area contributed by atoms with Crippen molar-refractivity contribution in [3.63, 3.8) is 0 Å². The molecule has 0 fully saturated rings. The molecule has 0 aliphatic carbocycles. The van der Waals surface area contributed by atoms with Crippen LogP contribution in [0.4, 0.5) is 5.69 Å². The van der Waals surface area contributed by atoms with Crippen LogP contribution in [0.5, 0.6) is 0 Å². The van der Waals surface area contributed by atoms with Crippen LogP contribution in [0, 0.1) is 0 Å². The first kappa shape index (κ1) is 13.6. The average molecular weight is 280 g/mol. The summed E-state index contributed by atoms with van der Waals surface area (Å²) in [7, 11) is 0.273. The number of nitrogens with zero attached hydrogens (tertiary/aromatic N) is 2. The van der Waals surface area contributed by atoms with Crippen molar-refractivity contribution in [2.75, 3.05) is 18.8 Å². The molecular weight excluding hydrogens is 264 g/mol. The summed E-state index contributed by atoms with van der Waals surface area (Å²) >= 11 is 0. The summed E-state index contributed by atoms with van der Waals surface area (Å²) in [5.41, 5.74) is 1.50. The fourth-order valence-corrected chi connectivity index (χ4v) is 2.69. The molecular formula is C12H16N4O2S. The van der Waals surface area contributed by atoms with E-state index in [1.165, 1.54) is 12.4 Å². The fourth-order valence-electron chi connectivity index (χ4n) is 1.69. The molecule has 2 aromatic rings. The largest absolute Gasteiger partial charge is 0.305 e. The highest BCUT2D eigenvalue weighted by Crippen LogP contribution is 2.20. The first-order valence-corrected chi connectivity index (χ1v) is 7.21. The molecule has 0 amide bonds. The number of para-hydroxylation sites is 1. The Morgan fingerprint density at radius 1 is 1.32 bits per heavy atom. The number of H-pyrrole nitrogens is 1. The molecule has 1 heterocycles. The zero-order valence-electron chi connectivity index (χ0n) is 10.8. The van der Waals surface area contributed by atoms with Crippen molar-refractivity contribution >= 4 is 15.7 Å². The van der Waals surface area contributed by atoms with E-state index in [0.717, 1.165) is 5.56 Å².